The molecule has 0 fully saturated rings. The minimum Gasteiger partial charge on any atom is -0.481 e. The van der Waals surface area contributed by atoms with Crippen LogP contribution in [0.15, 0.2) is 24.3 Å². The zero-order valence-corrected chi connectivity index (χ0v) is 7.82. The molecule has 0 saturated carbocycles. The third-order valence-corrected chi connectivity index (χ3v) is 2.06. The van der Waals surface area contributed by atoms with E-state index in [1.54, 1.807) is 0 Å². The normalized spacial score (nSPS) is 22.7. The minimum absolute atomic E-state index is 0.444. The molecule has 0 aromatic rings. The predicted molar refractivity (Wildman–Crippen MR) is 48.6 cm³/mol. The summed E-state index contributed by atoms with van der Waals surface area (Å²) in [7, 11) is 0. The van der Waals surface area contributed by atoms with Crippen LogP contribution in [0.3, 0.4) is 0 Å². The zero-order valence-electron chi connectivity index (χ0n) is 7.82. The van der Waals surface area contributed by atoms with Gasteiger partial charge < -0.3 is 5.11 Å². The van der Waals surface area contributed by atoms with Crippen molar-refractivity contribution in [1.82, 2.24) is 0 Å². The maximum Gasteiger partial charge on any atom is 0.310 e. The van der Waals surface area contributed by atoms with E-state index in [0.717, 1.165) is 0 Å². The second-order valence-electron chi connectivity index (χ2n) is 3.34. The summed E-state index contributed by atoms with van der Waals surface area (Å²) >= 11 is 0. The summed E-state index contributed by atoms with van der Waals surface area (Å²) in [4.78, 5) is 21.2. The number of carboxylic acid groups (broad SMARTS) is 1. The van der Waals surface area contributed by atoms with E-state index in [1.165, 1.54) is 18.2 Å². The number of hydrogen-bond donors (Lipinski definition) is 1. The molecule has 0 aliphatic heterocycles. The fraction of sp³-hybridized carbons (Fsp3) is 0.400. The lowest BCUT2D eigenvalue weighted by atomic mass is 9.91. The van der Waals surface area contributed by atoms with Gasteiger partial charge in [-0.15, -0.1) is 0 Å². The summed E-state index contributed by atoms with van der Waals surface area (Å²) in [6.45, 7) is 0. The minimum atomic E-state index is -3.07. The molecule has 0 aromatic heterocycles. The van der Waals surface area contributed by atoms with Crippen LogP contribution < -0.4 is 0 Å². The highest BCUT2D eigenvalue weighted by atomic mass is 19.3. The molecule has 1 aliphatic rings. The summed E-state index contributed by atoms with van der Waals surface area (Å²) in [5, 5.41) is 8.30. The first kappa shape index (κ1) is 11.6. The van der Waals surface area contributed by atoms with Crippen LogP contribution in [0.4, 0.5) is 8.78 Å². The highest BCUT2D eigenvalue weighted by Gasteiger charge is 2.37. The SMILES string of the molecule is O=C(O)CC(=O)CC1C=CC=CC1(F)F. The summed E-state index contributed by atoms with van der Waals surface area (Å²) < 4.78 is 26.3. The van der Waals surface area contributed by atoms with Crippen LogP contribution in [0.5, 0.6) is 0 Å². The molecule has 1 aliphatic carbocycles. The third kappa shape index (κ3) is 3.27. The van der Waals surface area contributed by atoms with E-state index < -0.39 is 36.4 Å². The van der Waals surface area contributed by atoms with Crippen LogP contribution >= 0.6 is 0 Å². The van der Waals surface area contributed by atoms with Gasteiger partial charge in [0.15, 0.2) is 0 Å². The first-order valence-electron chi connectivity index (χ1n) is 4.39. The number of Topliss-reactive ketones (excluding diaryl/α,β-unsaturated/α-hetero) is 1. The monoisotopic (exact) mass is 216 g/mol. The molecule has 82 valence electrons. The third-order valence-electron chi connectivity index (χ3n) is 2.06. The van der Waals surface area contributed by atoms with Crippen LogP contribution in [-0.2, 0) is 9.59 Å². The van der Waals surface area contributed by atoms with E-state index in [0.29, 0.717) is 6.08 Å². The van der Waals surface area contributed by atoms with Gasteiger partial charge in [-0.25, -0.2) is 8.78 Å². The Labute approximate surface area is 85.1 Å². The van der Waals surface area contributed by atoms with E-state index in [1.807, 2.05) is 0 Å². The molecule has 3 nitrogen and oxygen atoms in total. The van der Waals surface area contributed by atoms with E-state index in [4.69, 9.17) is 5.11 Å². The van der Waals surface area contributed by atoms with Gasteiger partial charge in [0.2, 0.25) is 0 Å². The van der Waals surface area contributed by atoms with Crippen LogP contribution in [0.25, 0.3) is 0 Å². The van der Waals surface area contributed by atoms with Crippen LogP contribution in [0, 0.1) is 5.92 Å². The number of aliphatic carboxylic acids is 1. The molecule has 15 heavy (non-hydrogen) atoms. The van der Waals surface area contributed by atoms with Crippen molar-refractivity contribution in [3.63, 3.8) is 0 Å². The lowest BCUT2D eigenvalue weighted by Crippen LogP contribution is -2.28. The molecular formula is C10H10F2O3. The number of carboxylic acids is 1. The van der Waals surface area contributed by atoms with E-state index in [-0.39, 0.29) is 0 Å². The number of ketones is 1. The van der Waals surface area contributed by atoms with Gasteiger partial charge in [-0.3, -0.25) is 9.59 Å². The Hall–Kier alpha value is -1.52. The maximum absolute atomic E-state index is 13.1. The van der Waals surface area contributed by atoms with Crippen molar-refractivity contribution in [3.05, 3.63) is 24.3 Å². The van der Waals surface area contributed by atoms with Gasteiger partial charge in [-0.1, -0.05) is 18.2 Å². The predicted octanol–water partition coefficient (Wildman–Crippen LogP) is 1.80. The van der Waals surface area contributed by atoms with Crippen LogP contribution in [-0.4, -0.2) is 22.8 Å². The molecule has 0 heterocycles. The number of carbonyl (C=O) groups is 2. The fourth-order valence-corrected chi connectivity index (χ4v) is 1.32. The molecule has 1 unspecified atom stereocenters. The largest absolute Gasteiger partial charge is 0.481 e. The topological polar surface area (TPSA) is 54.4 Å². The van der Waals surface area contributed by atoms with Crippen LogP contribution in [0.2, 0.25) is 0 Å². The van der Waals surface area contributed by atoms with Crippen molar-refractivity contribution in [1.29, 1.82) is 0 Å². The first-order chi connectivity index (χ1) is 6.92. The van der Waals surface area contributed by atoms with Gasteiger partial charge in [0.25, 0.3) is 5.92 Å². The van der Waals surface area contributed by atoms with Crippen molar-refractivity contribution in [3.8, 4) is 0 Å². The van der Waals surface area contributed by atoms with Crippen LogP contribution in [0.1, 0.15) is 12.8 Å². The average Bonchev–Trinajstić information content (AvgIpc) is 2.07. The Morgan fingerprint density at radius 1 is 1.33 bits per heavy atom. The Morgan fingerprint density at radius 3 is 2.53 bits per heavy atom. The molecule has 1 rings (SSSR count). The van der Waals surface area contributed by atoms with E-state index >= 15 is 0 Å². The number of hydrogen-bond acceptors (Lipinski definition) is 2. The van der Waals surface area contributed by atoms with Crippen molar-refractivity contribution in [2.24, 2.45) is 5.92 Å². The Kier molecular flexibility index (Phi) is 3.34. The lowest BCUT2D eigenvalue weighted by Gasteiger charge is -2.22. The summed E-state index contributed by atoms with van der Waals surface area (Å²) in [6, 6.07) is 0. The van der Waals surface area contributed by atoms with Gasteiger partial charge in [0.1, 0.15) is 12.2 Å². The molecule has 0 saturated heterocycles. The molecule has 0 bridgehead atoms. The zero-order chi connectivity index (χ0) is 11.5. The molecule has 1 N–H and O–H groups in total. The Bertz CT molecular complexity index is 332. The first-order valence-corrected chi connectivity index (χ1v) is 4.39. The standard InChI is InChI=1S/C10H10F2O3/c11-10(12)4-2-1-3-7(10)5-8(13)6-9(14)15/h1-4,7H,5-6H2,(H,14,15). The molecule has 1 atom stereocenters. The molecular weight excluding hydrogens is 206 g/mol. The quantitative estimate of drug-likeness (QED) is 0.729. The average molecular weight is 216 g/mol. The second-order valence-corrected chi connectivity index (χ2v) is 3.34. The van der Waals surface area contributed by atoms with E-state index in [9.17, 15) is 18.4 Å². The number of halogens is 2. The van der Waals surface area contributed by atoms with Gasteiger partial charge in [0.05, 0.1) is 5.92 Å². The smallest absolute Gasteiger partial charge is 0.310 e. The van der Waals surface area contributed by atoms with Crippen molar-refractivity contribution in [2.75, 3.05) is 0 Å². The number of allylic oxidation sites excluding steroid dienone is 4. The van der Waals surface area contributed by atoms with E-state index in [2.05, 4.69) is 0 Å². The van der Waals surface area contributed by atoms with Gasteiger partial charge >= 0.3 is 5.97 Å². The Balaban J connectivity index is 2.58. The van der Waals surface area contributed by atoms with Crippen molar-refractivity contribution in [2.45, 2.75) is 18.8 Å². The molecule has 0 spiro atoms. The van der Waals surface area contributed by atoms with Gasteiger partial charge in [-0.2, -0.15) is 0 Å². The number of alkyl halides is 2. The Morgan fingerprint density at radius 2 is 2.00 bits per heavy atom. The fourth-order valence-electron chi connectivity index (χ4n) is 1.32. The summed E-state index contributed by atoms with van der Waals surface area (Å²) in [6.07, 6.45) is 3.42. The highest BCUT2D eigenvalue weighted by Crippen LogP contribution is 2.32. The summed E-state index contributed by atoms with van der Waals surface area (Å²) in [5.41, 5.74) is 0. The lowest BCUT2D eigenvalue weighted by molar-refractivity contribution is -0.140. The molecule has 5 heteroatoms. The van der Waals surface area contributed by atoms with Crippen molar-refractivity contribution < 1.29 is 23.5 Å². The second kappa shape index (κ2) is 4.33. The van der Waals surface area contributed by atoms with Gasteiger partial charge in [0, 0.05) is 6.42 Å². The summed E-state index contributed by atoms with van der Waals surface area (Å²) in [5.74, 6) is -6.27. The van der Waals surface area contributed by atoms with Gasteiger partial charge in [-0.05, 0) is 6.08 Å². The molecule has 0 radical (unpaired) electrons. The number of carbonyl (C=O) groups excluding carboxylic acids is 1. The molecule has 0 amide bonds. The highest BCUT2D eigenvalue weighted by molar-refractivity contribution is 5.94. The number of rotatable bonds is 4. The van der Waals surface area contributed by atoms with Crippen molar-refractivity contribution >= 4 is 11.8 Å². The maximum atomic E-state index is 13.1. The molecule has 0 aromatic carbocycles.